The van der Waals surface area contributed by atoms with Crippen molar-refractivity contribution in [3.8, 4) is 0 Å². The second kappa shape index (κ2) is 7.07. The molecule has 0 spiro atoms. The van der Waals surface area contributed by atoms with Crippen LogP contribution in [0.4, 0.5) is 0 Å². The first-order chi connectivity index (χ1) is 10.2. The lowest BCUT2D eigenvalue weighted by Gasteiger charge is -2.47. The molecule has 0 saturated carbocycles. The van der Waals surface area contributed by atoms with Crippen molar-refractivity contribution >= 4 is 5.91 Å². The molecule has 5 heteroatoms. The van der Waals surface area contributed by atoms with Crippen LogP contribution in [0, 0.1) is 0 Å². The summed E-state index contributed by atoms with van der Waals surface area (Å²) in [5.41, 5.74) is 0. The molecule has 3 aliphatic rings. The number of piperazine rings is 1. The summed E-state index contributed by atoms with van der Waals surface area (Å²) in [6.07, 6.45) is 5.10. The van der Waals surface area contributed by atoms with Gasteiger partial charge in [-0.05, 0) is 39.3 Å². The molecular weight excluding hydrogens is 264 g/mol. The molecule has 120 valence electrons. The Balaban J connectivity index is 1.54. The number of amides is 1. The third-order valence-electron chi connectivity index (χ3n) is 5.35. The summed E-state index contributed by atoms with van der Waals surface area (Å²) in [6, 6.07) is 1.20. The standard InChI is InChI=1S/C16H30N4O/c1-14-11-19-8-3-2-5-15(19)12-20(14)13-16(21)18-9-4-6-17-7-10-18/h14-15,17H,2-13H2,1H3. The largest absolute Gasteiger partial charge is 0.340 e. The zero-order valence-electron chi connectivity index (χ0n) is 13.4. The summed E-state index contributed by atoms with van der Waals surface area (Å²) in [5, 5.41) is 3.37. The van der Waals surface area contributed by atoms with Crippen LogP contribution in [0.2, 0.25) is 0 Å². The molecular formula is C16H30N4O. The van der Waals surface area contributed by atoms with Gasteiger partial charge in [0.25, 0.3) is 0 Å². The Hall–Kier alpha value is -0.650. The Bertz CT molecular complexity index is 354. The van der Waals surface area contributed by atoms with Gasteiger partial charge in [0.15, 0.2) is 0 Å². The van der Waals surface area contributed by atoms with Crippen molar-refractivity contribution in [2.24, 2.45) is 0 Å². The first-order valence-electron chi connectivity index (χ1n) is 8.70. The number of hydrogen-bond acceptors (Lipinski definition) is 4. The van der Waals surface area contributed by atoms with Gasteiger partial charge in [0.2, 0.25) is 5.91 Å². The third kappa shape index (κ3) is 3.76. The quantitative estimate of drug-likeness (QED) is 0.798. The van der Waals surface area contributed by atoms with E-state index in [0.29, 0.717) is 24.5 Å². The van der Waals surface area contributed by atoms with Crippen LogP contribution in [0.25, 0.3) is 0 Å². The molecule has 1 N–H and O–H groups in total. The van der Waals surface area contributed by atoms with Gasteiger partial charge in [-0.15, -0.1) is 0 Å². The highest BCUT2D eigenvalue weighted by atomic mass is 16.2. The van der Waals surface area contributed by atoms with Crippen molar-refractivity contribution in [3.05, 3.63) is 0 Å². The van der Waals surface area contributed by atoms with Crippen molar-refractivity contribution in [2.45, 2.75) is 44.7 Å². The van der Waals surface area contributed by atoms with Crippen molar-refractivity contribution in [2.75, 3.05) is 52.4 Å². The van der Waals surface area contributed by atoms with Gasteiger partial charge in [0, 0.05) is 44.8 Å². The molecule has 3 fully saturated rings. The molecule has 5 nitrogen and oxygen atoms in total. The number of rotatable bonds is 2. The van der Waals surface area contributed by atoms with Gasteiger partial charge in [-0.2, -0.15) is 0 Å². The van der Waals surface area contributed by atoms with Crippen LogP contribution in [0.5, 0.6) is 0 Å². The van der Waals surface area contributed by atoms with Crippen LogP contribution < -0.4 is 5.32 Å². The van der Waals surface area contributed by atoms with Crippen molar-refractivity contribution < 1.29 is 4.79 Å². The maximum atomic E-state index is 12.6. The van der Waals surface area contributed by atoms with E-state index in [2.05, 4.69) is 26.9 Å². The lowest BCUT2D eigenvalue weighted by molar-refractivity contribution is -0.134. The summed E-state index contributed by atoms with van der Waals surface area (Å²) < 4.78 is 0. The highest BCUT2D eigenvalue weighted by Gasteiger charge is 2.34. The van der Waals surface area contributed by atoms with Gasteiger partial charge in [-0.3, -0.25) is 14.6 Å². The third-order valence-corrected chi connectivity index (χ3v) is 5.35. The monoisotopic (exact) mass is 294 g/mol. The fraction of sp³-hybridized carbons (Fsp3) is 0.938. The first-order valence-corrected chi connectivity index (χ1v) is 8.70. The van der Waals surface area contributed by atoms with Crippen LogP contribution in [0.3, 0.4) is 0 Å². The predicted octanol–water partition coefficient (Wildman–Crippen LogP) is 0.367. The summed E-state index contributed by atoms with van der Waals surface area (Å²) in [6.45, 7) is 10.2. The fourth-order valence-corrected chi connectivity index (χ4v) is 4.00. The summed E-state index contributed by atoms with van der Waals surface area (Å²) >= 11 is 0. The van der Waals surface area contributed by atoms with Gasteiger partial charge in [0.1, 0.15) is 0 Å². The van der Waals surface area contributed by atoms with Crippen LogP contribution in [0.15, 0.2) is 0 Å². The van der Waals surface area contributed by atoms with E-state index in [9.17, 15) is 4.79 Å². The number of hydrogen-bond donors (Lipinski definition) is 1. The second-order valence-corrected chi connectivity index (χ2v) is 6.91. The number of carbonyl (C=O) groups is 1. The lowest BCUT2D eigenvalue weighted by atomic mass is 9.97. The molecule has 0 aromatic rings. The van der Waals surface area contributed by atoms with E-state index in [0.717, 1.165) is 45.7 Å². The van der Waals surface area contributed by atoms with Crippen molar-refractivity contribution in [1.82, 2.24) is 20.0 Å². The Morgan fingerprint density at radius 3 is 2.90 bits per heavy atom. The molecule has 0 bridgehead atoms. The Kier molecular flexibility index (Phi) is 5.14. The minimum atomic E-state index is 0.329. The average Bonchev–Trinajstić information content (AvgIpc) is 2.77. The van der Waals surface area contributed by atoms with Crippen molar-refractivity contribution in [1.29, 1.82) is 0 Å². The Labute approximate surface area is 128 Å². The molecule has 0 aliphatic carbocycles. The zero-order chi connectivity index (χ0) is 14.7. The minimum absolute atomic E-state index is 0.329. The number of piperidine rings is 1. The molecule has 3 aliphatic heterocycles. The first kappa shape index (κ1) is 15.3. The van der Waals surface area contributed by atoms with Gasteiger partial charge in [-0.1, -0.05) is 6.42 Å². The number of carbonyl (C=O) groups excluding carboxylic acids is 1. The van der Waals surface area contributed by atoms with E-state index < -0.39 is 0 Å². The molecule has 1 amide bonds. The van der Waals surface area contributed by atoms with Crippen LogP contribution >= 0.6 is 0 Å². The summed E-state index contributed by atoms with van der Waals surface area (Å²) in [4.78, 5) is 19.7. The normalized spacial score (nSPS) is 32.5. The fourth-order valence-electron chi connectivity index (χ4n) is 4.00. The SMILES string of the molecule is CC1CN2CCCCC2CN1CC(=O)N1CCCNCC1. The molecule has 0 aromatic carbocycles. The van der Waals surface area contributed by atoms with E-state index in [1.54, 1.807) is 0 Å². The second-order valence-electron chi connectivity index (χ2n) is 6.91. The average molecular weight is 294 g/mol. The van der Waals surface area contributed by atoms with Gasteiger partial charge in [-0.25, -0.2) is 0 Å². The number of nitrogens with one attached hydrogen (secondary N) is 1. The molecule has 3 heterocycles. The summed E-state index contributed by atoms with van der Waals surface area (Å²) in [7, 11) is 0. The van der Waals surface area contributed by atoms with E-state index in [4.69, 9.17) is 0 Å². The minimum Gasteiger partial charge on any atom is -0.340 e. The molecule has 2 unspecified atom stereocenters. The zero-order valence-corrected chi connectivity index (χ0v) is 13.4. The number of nitrogens with zero attached hydrogens (tertiary/aromatic N) is 3. The molecule has 3 rings (SSSR count). The molecule has 0 aromatic heterocycles. The smallest absolute Gasteiger partial charge is 0.236 e. The van der Waals surface area contributed by atoms with Gasteiger partial charge in [0.05, 0.1) is 6.54 Å². The van der Waals surface area contributed by atoms with Gasteiger partial charge < -0.3 is 10.2 Å². The maximum Gasteiger partial charge on any atom is 0.236 e. The molecule has 2 atom stereocenters. The topological polar surface area (TPSA) is 38.8 Å². The summed E-state index contributed by atoms with van der Waals surface area (Å²) in [5.74, 6) is 0.329. The highest BCUT2D eigenvalue weighted by molar-refractivity contribution is 5.78. The number of fused-ring (bicyclic) bond motifs is 1. The van der Waals surface area contributed by atoms with Crippen molar-refractivity contribution in [3.63, 3.8) is 0 Å². The van der Waals surface area contributed by atoms with Gasteiger partial charge >= 0.3 is 0 Å². The van der Waals surface area contributed by atoms with Crippen LogP contribution in [0.1, 0.15) is 32.6 Å². The van der Waals surface area contributed by atoms with E-state index in [1.807, 2.05) is 0 Å². The van der Waals surface area contributed by atoms with Crippen LogP contribution in [-0.4, -0.2) is 85.0 Å². The molecule has 3 saturated heterocycles. The van der Waals surface area contributed by atoms with E-state index in [1.165, 1.54) is 25.8 Å². The molecule has 0 radical (unpaired) electrons. The maximum absolute atomic E-state index is 12.6. The van der Waals surface area contributed by atoms with E-state index >= 15 is 0 Å². The highest BCUT2D eigenvalue weighted by Crippen LogP contribution is 2.23. The predicted molar refractivity (Wildman–Crippen MR) is 84.3 cm³/mol. The molecule has 21 heavy (non-hydrogen) atoms. The Morgan fingerprint density at radius 2 is 2.00 bits per heavy atom. The van der Waals surface area contributed by atoms with Crippen LogP contribution in [-0.2, 0) is 4.79 Å². The lowest BCUT2D eigenvalue weighted by Crippen LogP contribution is -2.60. The van der Waals surface area contributed by atoms with E-state index in [-0.39, 0.29) is 0 Å². The Morgan fingerprint density at radius 1 is 1.10 bits per heavy atom.